The monoisotopic (exact) mass is 392 g/mol. The predicted molar refractivity (Wildman–Crippen MR) is 98.5 cm³/mol. The largest absolute Gasteiger partial charge is 0.444 e. The summed E-state index contributed by atoms with van der Waals surface area (Å²) in [6, 6.07) is 2.52. The molecule has 130 valence electrons. The zero-order chi connectivity index (χ0) is 18.0. The summed E-state index contributed by atoms with van der Waals surface area (Å²) in [7, 11) is 0. The number of halogens is 1. The number of likely N-dealkylation sites (tertiary alicyclic amines) is 1. The summed E-state index contributed by atoms with van der Waals surface area (Å²) in [5.41, 5.74) is -0.0611. The van der Waals surface area contributed by atoms with Gasteiger partial charge in [-0.1, -0.05) is 47.2 Å². The summed E-state index contributed by atoms with van der Waals surface area (Å²) >= 11 is 3.64. The number of rotatable bonds is 1. The van der Waals surface area contributed by atoms with E-state index in [-0.39, 0.29) is 6.09 Å². The fourth-order valence-corrected chi connectivity index (χ4v) is 3.94. The van der Waals surface area contributed by atoms with Crippen LogP contribution in [-0.2, 0) is 4.74 Å². The molecule has 1 aliphatic heterocycles. The molecule has 0 spiro atoms. The van der Waals surface area contributed by atoms with E-state index in [0.717, 1.165) is 10.1 Å². The lowest BCUT2D eigenvalue weighted by Gasteiger charge is -2.39. The molecule has 1 heterocycles. The second-order valence-electron chi connectivity index (χ2n) is 7.50. The van der Waals surface area contributed by atoms with Crippen molar-refractivity contribution in [3.8, 4) is 6.07 Å². The molecule has 0 radical (unpaired) electrons. The number of amides is 1. The van der Waals surface area contributed by atoms with Crippen LogP contribution in [0.3, 0.4) is 0 Å². The third kappa shape index (κ3) is 4.30. The summed E-state index contributed by atoms with van der Waals surface area (Å²) < 4.78 is 6.42. The zero-order valence-corrected chi connectivity index (χ0v) is 16.4. The third-order valence-electron chi connectivity index (χ3n) is 4.34. The third-order valence-corrected chi connectivity index (χ3v) is 5.03. The van der Waals surface area contributed by atoms with Crippen LogP contribution < -0.4 is 0 Å². The maximum absolute atomic E-state index is 12.2. The van der Waals surface area contributed by atoms with Crippen LogP contribution in [0.5, 0.6) is 0 Å². The van der Waals surface area contributed by atoms with Crippen molar-refractivity contribution in [2.24, 2.45) is 11.3 Å². The molecule has 2 aliphatic rings. The van der Waals surface area contributed by atoms with Gasteiger partial charge in [0.1, 0.15) is 5.60 Å². The Kier molecular flexibility index (Phi) is 5.59. The summed E-state index contributed by atoms with van der Waals surface area (Å²) in [6.07, 6.45) is 9.19. The number of hydrogen-bond donors (Lipinski definition) is 0. The summed E-state index contributed by atoms with van der Waals surface area (Å²) in [5, 5.41) is 9.88. The molecule has 5 heteroatoms. The minimum absolute atomic E-state index is 0.299. The number of ether oxygens (including phenoxy) is 1. The molecule has 0 aromatic heterocycles. The van der Waals surface area contributed by atoms with Crippen molar-refractivity contribution < 1.29 is 9.53 Å². The lowest BCUT2D eigenvalue weighted by atomic mass is 9.73. The normalized spacial score (nSPS) is 23.7. The highest BCUT2D eigenvalue weighted by Gasteiger charge is 2.41. The highest BCUT2D eigenvalue weighted by Crippen LogP contribution is 2.44. The van der Waals surface area contributed by atoms with E-state index in [4.69, 9.17) is 4.74 Å². The van der Waals surface area contributed by atoms with Crippen molar-refractivity contribution in [2.75, 3.05) is 13.1 Å². The summed E-state index contributed by atoms with van der Waals surface area (Å²) in [6.45, 7) is 8.75. The minimum Gasteiger partial charge on any atom is -0.444 e. The second kappa shape index (κ2) is 7.14. The van der Waals surface area contributed by atoms with Crippen LogP contribution in [0.2, 0.25) is 0 Å². The van der Waals surface area contributed by atoms with E-state index in [1.807, 2.05) is 32.9 Å². The van der Waals surface area contributed by atoms with Gasteiger partial charge in [0.2, 0.25) is 0 Å². The molecule has 1 unspecified atom stereocenters. The van der Waals surface area contributed by atoms with E-state index in [1.54, 1.807) is 4.90 Å². The van der Waals surface area contributed by atoms with Crippen molar-refractivity contribution >= 4 is 22.0 Å². The van der Waals surface area contributed by atoms with E-state index < -0.39 is 11.0 Å². The molecular weight excluding hydrogens is 368 g/mol. The zero-order valence-electron chi connectivity index (χ0n) is 14.8. The fourth-order valence-electron chi connectivity index (χ4n) is 3.01. The number of nitriles is 1. The molecule has 1 aliphatic carbocycles. The molecule has 1 saturated heterocycles. The van der Waals surface area contributed by atoms with Crippen molar-refractivity contribution in [3.05, 3.63) is 34.4 Å². The van der Waals surface area contributed by atoms with Gasteiger partial charge in [0, 0.05) is 17.6 Å². The van der Waals surface area contributed by atoms with E-state index >= 15 is 0 Å². The Balaban J connectivity index is 2.14. The van der Waals surface area contributed by atoms with Crippen molar-refractivity contribution in [2.45, 2.75) is 46.1 Å². The first-order valence-corrected chi connectivity index (χ1v) is 9.12. The van der Waals surface area contributed by atoms with Crippen molar-refractivity contribution in [3.63, 3.8) is 0 Å². The van der Waals surface area contributed by atoms with Crippen LogP contribution in [0.15, 0.2) is 34.4 Å². The molecule has 4 nitrogen and oxygen atoms in total. The average Bonchev–Trinajstić information content (AvgIpc) is 2.66. The van der Waals surface area contributed by atoms with Gasteiger partial charge in [0.05, 0.1) is 11.5 Å². The Labute approximate surface area is 153 Å². The van der Waals surface area contributed by atoms with Gasteiger partial charge in [0.15, 0.2) is 0 Å². The molecule has 0 aromatic rings. The topological polar surface area (TPSA) is 53.3 Å². The molecule has 24 heavy (non-hydrogen) atoms. The molecule has 2 rings (SSSR count). The van der Waals surface area contributed by atoms with Gasteiger partial charge in [-0.15, -0.1) is 0 Å². The quantitative estimate of drug-likeness (QED) is 0.634. The van der Waals surface area contributed by atoms with Crippen molar-refractivity contribution in [1.29, 1.82) is 5.26 Å². The van der Waals surface area contributed by atoms with Gasteiger partial charge in [-0.05, 0) is 45.1 Å². The fraction of sp³-hybridized carbons (Fsp3) is 0.579. The maximum Gasteiger partial charge on any atom is 0.410 e. The average molecular weight is 393 g/mol. The Morgan fingerprint density at radius 3 is 2.58 bits per heavy atom. The minimum atomic E-state index is -0.567. The number of carbonyl (C=O) groups is 1. The molecule has 0 aromatic carbocycles. The van der Waals surface area contributed by atoms with Gasteiger partial charge >= 0.3 is 6.09 Å². The highest BCUT2D eigenvalue weighted by molar-refractivity contribution is 9.12. The first kappa shape index (κ1) is 18.8. The lowest BCUT2D eigenvalue weighted by Crippen LogP contribution is -2.45. The van der Waals surface area contributed by atoms with E-state index in [1.165, 1.54) is 0 Å². The molecule has 0 saturated carbocycles. The van der Waals surface area contributed by atoms with Gasteiger partial charge in [-0.3, -0.25) is 0 Å². The van der Waals surface area contributed by atoms with Gasteiger partial charge in [-0.25, -0.2) is 4.79 Å². The van der Waals surface area contributed by atoms with Gasteiger partial charge in [0.25, 0.3) is 0 Å². The first-order valence-electron chi connectivity index (χ1n) is 8.33. The maximum atomic E-state index is 12.2. The first-order chi connectivity index (χ1) is 11.2. The highest BCUT2D eigenvalue weighted by atomic mass is 79.9. The second-order valence-corrected chi connectivity index (χ2v) is 8.35. The van der Waals surface area contributed by atoms with Crippen LogP contribution in [0.25, 0.3) is 0 Å². The Morgan fingerprint density at radius 1 is 1.42 bits per heavy atom. The molecule has 1 atom stereocenters. The van der Waals surface area contributed by atoms with Crippen LogP contribution in [0, 0.1) is 22.7 Å². The molecular formula is C19H25BrN2O2. The van der Waals surface area contributed by atoms with Crippen LogP contribution in [-0.4, -0.2) is 29.7 Å². The molecule has 0 N–H and O–H groups in total. The SMILES string of the molecule is CC1C=CC=C(C2(C#N)CCN(C(=O)OC(C)(C)C)CC2)C(Br)=C1. The smallest absolute Gasteiger partial charge is 0.410 e. The predicted octanol–water partition coefficient (Wildman–Crippen LogP) is 4.94. The molecule has 0 bridgehead atoms. The van der Waals surface area contributed by atoms with Crippen LogP contribution >= 0.6 is 15.9 Å². The van der Waals surface area contributed by atoms with E-state index in [0.29, 0.717) is 31.8 Å². The number of piperidine rings is 1. The number of nitrogens with zero attached hydrogens (tertiary/aromatic N) is 2. The number of carbonyl (C=O) groups excluding carboxylic acids is 1. The van der Waals surface area contributed by atoms with Gasteiger partial charge in [-0.2, -0.15) is 5.26 Å². The van der Waals surface area contributed by atoms with E-state index in [2.05, 4.69) is 41.1 Å². The Bertz CT molecular complexity index is 627. The Hall–Kier alpha value is -1.54. The lowest BCUT2D eigenvalue weighted by molar-refractivity contribution is 0.0169. The van der Waals surface area contributed by atoms with Crippen LogP contribution in [0.1, 0.15) is 40.5 Å². The standard InChI is InChI=1S/C19H25BrN2O2/c1-14-6-5-7-15(16(20)12-14)19(13-21)8-10-22(11-9-19)17(23)24-18(2,3)4/h5-7,12,14H,8-11H2,1-4H3. The number of allylic oxidation sites excluding steroid dienone is 6. The molecule has 1 fully saturated rings. The van der Waals surface area contributed by atoms with Crippen molar-refractivity contribution in [1.82, 2.24) is 4.90 Å². The summed E-state index contributed by atoms with van der Waals surface area (Å²) in [4.78, 5) is 13.9. The van der Waals surface area contributed by atoms with E-state index in [9.17, 15) is 10.1 Å². The molecule has 1 amide bonds. The summed E-state index contributed by atoms with van der Waals surface area (Å²) in [5.74, 6) is 0.325. The number of hydrogen-bond acceptors (Lipinski definition) is 3. The Morgan fingerprint density at radius 2 is 2.04 bits per heavy atom. The van der Waals surface area contributed by atoms with Crippen LogP contribution in [0.4, 0.5) is 4.79 Å². The van der Waals surface area contributed by atoms with Gasteiger partial charge < -0.3 is 9.64 Å².